The number of nitrogens with one attached hydrogen (secondary N) is 2. The maximum Gasteiger partial charge on any atom is 0.258 e. The van der Waals surface area contributed by atoms with E-state index >= 15 is 0 Å². The highest BCUT2D eigenvalue weighted by Gasteiger charge is 2.34. The summed E-state index contributed by atoms with van der Waals surface area (Å²) in [5, 5.41) is 8.92. The van der Waals surface area contributed by atoms with E-state index in [0.29, 0.717) is 12.2 Å². The van der Waals surface area contributed by atoms with Crippen LogP contribution < -0.4 is 4.72 Å². The molecule has 1 heterocycles. The molecule has 0 aliphatic heterocycles. The average Bonchev–Trinajstić information content (AvgIpc) is 3.02. The highest BCUT2D eigenvalue weighted by atomic mass is 32.2. The lowest BCUT2D eigenvalue weighted by Crippen LogP contribution is -2.35. The van der Waals surface area contributed by atoms with Crippen molar-refractivity contribution in [3.63, 3.8) is 0 Å². The van der Waals surface area contributed by atoms with Gasteiger partial charge < -0.3 is 4.98 Å². The van der Waals surface area contributed by atoms with Gasteiger partial charge in [-0.15, -0.1) is 0 Å². The van der Waals surface area contributed by atoms with Crippen LogP contribution in [0.4, 0.5) is 0 Å². The fraction of sp³-hybridized carbons (Fsp3) is 0.600. The predicted octanol–water partition coefficient (Wildman–Crippen LogP) is 0.553. The van der Waals surface area contributed by atoms with E-state index in [4.69, 9.17) is 5.26 Å². The lowest BCUT2D eigenvalue weighted by atomic mass is 10.2. The summed E-state index contributed by atoms with van der Waals surface area (Å²) in [7, 11) is -3.66. The van der Waals surface area contributed by atoms with E-state index in [9.17, 15) is 8.42 Å². The van der Waals surface area contributed by atoms with Crippen molar-refractivity contribution in [3.8, 4) is 6.07 Å². The summed E-state index contributed by atoms with van der Waals surface area (Å²) in [4.78, 5) is 6.66. The minimum Gasteiger partial charge on any atom is -0.332 e. The molecule has 1 atom stereocenters. The fourth-order valence-corrected chi connectivity index (χ4v) is 2.70. The molecule has 92 valence electrons. The van der Waals surface area contributed by atoms with Gasteiger partial charge in [0.1, 0.15) is 11.9 Å². The number of aryl methyl sites for hydroxylation is 1. The van der Waals surface area contributed by atoms with Crippen LogP contribution in [0.3, 0.4) is 0 Å². The standard InChI is InChI=1S/C10H14N4O2S/c1-2-9-12-6-10(13-9)17(15,16)14-8(5-11)7-3-4-7/h6-8,14H,2-4H2,1H3,(H,12,13). The molecule has 17 heavy (non-hydrogen) atoms. The first kappa shape index (κ1) is 12.1. The first-order valence-corrected chi connectivity index (χ1v) is 7.01. The Morgan fingerprint density at radius 1 is 1.71 bits per heavy atom. The maximum atomic E-state index is 11.9. The third-order valence-corrected chi connectivity index (χ3v) is 4.09. The predicted molar refractivity (Wildman–Crippen MR) is 60.4 cm³/mol. The molecule has 0 saturated heterocycles. The quantitative estimate of drug-likeness (QED) is 0.801. The number of rotatable bonds is 5. The zero-order chi connectivity index (χ0) is 12.5. The number of imidazole rings is 1. The van der Waals surface area contributed by atoms with Gasteiger partial charge in [-0.3, -0.25) is 0 Å². The number of hydrogen-bond donors (Lipinski definition) is 2. The Hall–Kier alpha value is -1.39. The number of nitriles is 1. The second-order valence-electron chi connectivity index (χ2n) is 4.11. The van der Waals surface area contributed by atoms with Crippen LogP contribution in [0.1, 0.15) is 25.6 Å². The van der Waals surface area contributed by atoms with Gasteiger partial charge in [0.2, 0.25) is 0 Å². The molecular weight excluding hydrogens is 240 g/mol. The molecular formula is C10H14N4O2S. The molecule has 0 spiro atoms. The van der Waals surface area contributed by atoms with Crippen LogP contribution in [0.5, 0.6) is 0 Å². The monoisotopic (exact) mass is 254 g/mol. The van der Waals surface area contributed by atoms with E-state index in [1.165, 1.54) is 6.20 Å². The zero-order valence-electron chi connectivity index (χ0n) is 9.47. The van der Waals surface area contributed by atoms with Gasteiger partial charge in [-0.25, -0.2) is 13.4 Å². The van der Waals surface area contributed by atoms with Gasteiger partial charge in [-0.05, 0) is 18.8 Å². The second kappa shape index (κ2) is 4.47. The van der Waals surface area contributed by atoms with Gasteiger partial charge in [0, 0.05) is 6.42 Å². The summed E-state index contributed by atoms with van der Waals surface area (Å²) >= 11 is 0. The minimum absolute atomic E-state index is 0.0234. The maximum absolute atomic E-state index is 11.9. The van der Waals surface area contributed by atoms with Crippen molar-refractivity contribution in [1.29, 1.82) is 5.26 Å². The van der Waals surface area contributed by atoms with Crippen LogP contribution in [0.25, 0.3) is 0 Å². The molecule has 0 aromatic carbocycles. The van der Waals surface area contributed by atoms with Gasteiger partial charge >= 0.3 is 0 Å². The summed E-state index contributed by atoms with van der Waals surface area (Å²) in [6.45, 7) is 1.88. The molecule has 0 radical (unpaired) electrons. The molecule has 1 aromatic heterocycles. The molecule has 2 rings (SSSR count). The van der Waals surface area contributed by atoms with Crippen molar-refractivity contribution in [2.75, 3.05) is 0 Å². The van der Waals surface area contributed by atoms with Crippen LogP contribution in [0.2, 0.25) is 0 Å². The largest absolute Gasteiger partial charge is 0.332 e. The minimum atomic E-state index is -3.66. The Bertz CT molecular complexity index is 539. The van der Waals surface area contributed by atoms with Crippen molar-refractivity contribution in [2.24, 2.45) is 5.92 Å². The van der Waals surface area contributed by atoms with Gasteiger partial charge in [0.05, 0.1) is 12.3 Å². The third kappa shape index (κ3) is 2.65. The van der Waals surface area contributed by atoms with Crippen LogP contribution in [-0.4, -0.2) is 24.4 Å². The molecule has 1 aliphatic carbocycles. The highest BCUT2D eigenvalue weighted by Crippen LogP contribution is 2.32. The van der Waals surface area contributed by atoms with E-state index in [0.717, 1.165) is 12.8 Å². The molecule has 6 nitrogen and oxygen atoms in total. The van der Waals surface area contributed by atoms with E-state index in [2.05, 4.69) is 14.7 Å². The number of sulfonamides is 1. The first-order chi connectivity index (χ1) is 8.06. The van der Waals surface area contributed by atoms with Crippen molar-refractivity contribution < 1.29 is 8.42 Å². The molecule has 2 N–H and O–H groups in total. The summed E-state index contributed by atoms with van der Waals surface area (Å²) in [6, 6.07) is 1.35. The Kier molecular flexibility index (Phi) is 3.17. The van der Waals surface area contributed by atoms with E-state index in [1.807, 2.05) is 13.0 Å². The van der Waals surface area contributed by atoms with Gasteiger partial charge in [0.25, 0.3) is 10.0 Å². The topological polar surface area (TPSA) is 98.6 Å². The van der Waals surface area contributed by atoms with Crippen molar-refractivity contribution >= 4 is 10.0 Å². The summed E-state index contributed by atoms with van der Waals surface area (Å²) in [5.74, 6) is 0.772. The van der Waals surface area contributed by atoms with Crippen LogP contribution >= 0.6 is 0 Å². The molecule has 1 aliphatic rings. The van der Waals surface area contributed by atoms with Gasteiger partial charge in [0.15, 0.2) is 5.03 Å². The first-order valence-electron chi connectivity index (χ1n) is 5.52. The Morgan fingerprint density at radius 3 is 2.88 bits per heavy atom. The van der Waals surface area contributed by atoms with Crippen molar-refractivity contribution in [3.05, 3.63) is 12.0 Å². The molecule has 0 bridgehead atoms. The van der Waals surface area contributed by atoms with E-state index in [1.54, 1.807) is 0 Å². The zero-order valence-corrected chi connectivity index (χ0v) is 10.3. The second-order valence-corrected chi connectivity index (χ2v) is 5.80. The lowest BCUT2D eigenvalue weighted by molar-refractivity contribution is 0.557. The summed E-state index contributed by atoms with van der Waals surface area (Å²) in [6.07, 6.45) is 3.73. The number of H-pyrrole nitrogens is 1. The number of nitrogens with zero attached hydrogens (tertiary/aromatic N) is 2. The normalized spacial score (nSPS) is 17.6. The molecule has 1 fully saturated rings. The molecule has 7 heteroatoms. The molecule has 1 saturated carbocycles. The fourth-order valence-electron chi connectivity index (χ4n) is 1.55. The average molecular weight is 254 g/mol. The number of aromatic nitrogens is 2. The SMILES string of the molecule is CCc1ncc(S(=O)(=O)NC(C#N)C2CC2)[nH]1. The lowest BCUT2D eigenvalue weighted by Gasteiger charge is -2.09. The smallest absolute Gasteiger partial charge is 0.258 e. The Balaban J connectivity index is 2.15. The van der Waals surface area contributed by atoms with E-state index in [-0.39, 0.29) is 10.9 Å². The van der Waals surface area contributed by atoms with Crippen LogP contribution in [0.15, 0.2) is 11.2 Å². The van der Waals surface area contributed by atoms with Crippen molar-refractivity contribution in [1.82, 2.24) is 14.7 Å². The third-order valence-electron chi connectivity index (χ3n) is 2.74. The summed E-state index contributed by atoms with van der Waals surface area (Å²) in [5.41, 5.74) is 0. The Labute approximate surface area is 100 Å². The highest BCUT2D eigenvalue weighted by molar-refractivity contribution is 7.89. The summed E-state index contributed by atoms with van der Waals surface area (Å²) < 4.78 is 26.3. The van der Waals surface area contributed by atoms with Crippen LogP contribution in [0, 0.1) is 17.2 Å². The molecule has 1 unspecified atom stereocenters. The van der Waals surface area contributed by atoms with Crippen molar-refractivity contribution in [2.45, 2.75) is 37.3 Å². The Morgan fingerprint density at radius 2 is 2.41 bits per heavy atom. The van der Waals surface area contributed by atoms with E-state index < -0.39 is 16.1 Å². The van der Waals surface area contributed by atoms with Crippen LogP contribution in [-0.2, 0) is 16.4 Å². The molecule has 1 aromatic rings. The number of hydrogen-bond acceptors (Lipinski definition) is 4. The van der Waals surface area contributed by atoms with Gasteiger partial charge in [-0.2, -0.15) is 9.98 Å². The van der Waals surface area contributed by atoms with Gasteiger partial charge in [-0.1, -0.05) is 6.92 Å². The number of aromatic amines is 1. The molecule has 0 amide bonds.